The Morgan fingerprint density at radius 3 is 2.65 bits per heavy atom. The third kappa shape index (κ3) is 2.83. The van der Waals surface area contributed by atoms with Crippen LogP contribution in [0.1, 0.15) is 22.2 Å². The van der Waals surface area contributed by atoms with E-state index in [0.717, 1.165) is 11.3 Å². The number of rotatable bonds is 4. The number of carbonyl (C=O) groups is 1. The van der Waals surface area contributed by atoms with Crippen LogP contribution >= 0.6 is 11.3 Å². The van der Waals surface area contributed by atoms with Gasteiger partial charge >= 0.3 is 5.69 Å². The van der Waals surface area contributed by atoms with Crippen LogP contribution in [-0.2, 0) is 0 Å². The van der Waals surface area contributed by atoms with E-state index in [0.29, 0.717) is 5.56 Å². The summed E-state index contributed by atoms with van der Waals surface area (Å²) in [7, 11) is 0. The zero-order valence-corrected chi connectivity index (χ0v) is 11.5. The molecule has 5 nitrogen and oxygen atoms in total. The number of nitrogens with zero attached hydrogens (tertiary/aromatic N) is 1. The summed E-state index contributed by atoms with van der Waals surface area (Å²) in [6.45, 7) is 2.88. The average molecular weight is 295 g/mol. The quantitative estimate of drug-likeness (QED) is 0.484. The van der Waals surface area contributed by atoms with Gasteiger partial charge in [0.25, 0.3) is 5.06 Å². The van der Waals surface area contributed by atoms with Crippen LogP contribution in [0.15, 0.2) is 24.3 Å². The molecular weight excluding hydrogens is 285 g/mol. The number of ether oxygens (including phenoxy) is 1. The van der Waals surface area contributed by atoms with Crippen molar-refractivity contribution in [2.75, 3.05) is 0 Å². The fourth-order valence-electron chi connectivity index (χ4n) is 1.53. The molecule has 0 amide bonds. The largest absolute Gasteiger partial charge is 0.440 e. The number of thiophene rings is 1. The van der Waals surface area contributed by atoms with Gasteiger partial charge in [-0.1, -0.05) is 11.3 Å². The van der Waals surface area contributed by atoms with Gasteiger partial charge in [-0.05, 0) is 37.6 Å². The van der Waals surface area contributed by atoms with Gasteiger partial charge < -0.3 is 4.74 Å². The molecule has 0 N–H and O–H groups in total. The Balaban J connectivity index is 2.39. The molecule has 20 heavy (non-hydrogen) atoms. The Morgan fingerprint density at radius 1 is 1.40 bits per heavy atom. The summed E-state index contributed by atoms with van der Waals surface area (Å²) in [4.78, 5) is 21.8. The number of hydrogen-bond donors (Lipinski definition) is 0. The first kappa shape index (κ1) is 14.1. The normalized spacial score (nSPS) is 10.3. The fourth-order valence-corrected chi connectivity index (χ4v) is 2.42. The van der Waals surface area contributed by atoms with Gasteiger partial charge in [0.1, 0.15) is 11.6 Å². The van der Waals surface area contributed by atoms with Crippen LogP contribution in [0.3, 0.4) is 0 Å². The minimum absolute atomic E-state index is 0.00575. The minimum atomic E-state index is -0.616. The lowest BCUT2D eigenvalue weighted by Crippen LogP contribution is -1.90. The highest BCUT2D eigenvalue weighted by molar-refractivity contribution is 7.16. The second kappa shape index (κ2) is 5.38. The SMILES string of the molecule is CC(=O)c1cc([N+](=O)[O-])c(Oc2ccc(F)c(C)c2)s1. The van der Waals surface area contributed by atoms with Gasteiger partial charge in [-0.25, -0.2) is 4.39 Å². The summed E-state index contributed by atoms with van der Waals surface area (Å²) >= 11 is 0.894. The molecule has 2 rings (SSSR count). The first-order valence-electron chi connectivity index (χ1n) is 5.61. The standard InChI is InChI=1S/C13H10FNO4S/c1-7-5-9(3-4-10(7)14)19-13-11(15(17)18)6-12(20-13)8(2)16/h3-6H,1-2H3. The average Bonchev–Trinajstić information content (AvgIpc) is 2.78. The molecular formula is C13H10FNO4S. The zero-order chi connectivity index (χ0) is 14.9. The van der Waals surface area contributed by atoms with E-state index in [-0.39, 0.29) is 33.0 Å². The van der Waals surface area contributed by atoms with E-state index in [9.17, 15) is 19.3 Å². The molecule has 0 saturated heterocycles. The number of Topliss-reactive ketones (excluding diaryl/α,β-unsaturated/α-hetero) is 1. The van der Waals surface area contributed by atoms with Gasteiger partial charge in [-0.3, -0.25) is 14.9 Å². The molecule has 1 heterocycles. The van der Waals surface area contributed by atoms with Gasteiger partial charge in [0, 0.05) is 6.07 Å². The Labute approximate surface area is 117 Å². The molecule has 0 aliphatic rings. The summed E-state index contributed by atoms with van der Waals surface area (Å²) in [5.74, 6) is -0.380. The Bertz CT molecular complexity index is 696. The lowest BCUT2D eigenvalue weighted by Gasteiger charge is -2.04. The molecule has 0 spiro atoms. The number of nitro groups is 1. The highest BCUT2D eigenvalue weighted by Crippen LogP contribution is 2.40. The number of benzene rings is 1. The van der Waals surface area contributed by atoms with Crippen LogP contribution in [0.2, 0.25) is 0 Å². The first-order valence-corrected chi connectivity index (χ1v) is 6.43. The maximum atomic E-state index is 13.1. The summed E-state index contributed by atoms with van der Waals surface area (Å²) in [6.07, 6.45) is 0. The smallest absolute Gasteiger partial charge is 0.323 e. The van der Waals surface area contributed by atoms with Crippen LogP contribution in [0.25, 0.3) is 0 Å². The van der Waals surface area contributed by atoms with Crippen molar-refractivity contribution in [1.29, 1.82) is 0 Å². The van der Waals surface area contributed by atoms with Crippen molar-refractivity contribution in [1.82, 2.24) is 0 Å². The van der Waals surface area contributed by atoms with E-state index in [1.807, 2.05) is 0 Å². The van der Waals surface area contributed by atoms with Crippen molar-refractivity contribution in [3.8, 4) is 10.8 Å². The molecule has 104 valence electrons. The van der Waals surface area contributed by atoms with Crippen molar-refractivity contribution < 1.29 is 18.8 Å². The van der Waals surface area contributed by atoms with Crippen LogP contribution in [0, 0.1) is 22.9 Å². The highest BCUT2D eigenvalue weighted by Gasteiger charge is 2.23. The van der Waals surface area contributed by atoms with Crippen molar-refractivity contribution in [2.45, 2.75) is 13.8 Å². The van der Waals surface area contributed by atoms with E-state index >= 15 is 0 Å². The lowest BCUT2D eigenvalue weighted by molar-refractivity contribution is -0.385. The van der Waals surface area contributed by atoms with Crippen LogP contribution in [0.4, 0.5) is 10.1 Å². The zero-order valence-electron chi connectivity index (χ0n) is 10.7. The third-order valence-electron chi connectivity index (χ3n) is 2.56. The predicted octanol–water partition coefficient (Wildman–Crippen LogP) is 4.10. The maximum Gasteiger partial charge on any atom is 0.323 e. The Kier molecular flexibility index (Phi) is 3.80. The van der Waals surface area contributed by atoms with E-state index in [1.165, 1.54) is 31.2 Å². The number of aryl methyl sites for hydroxylation is 1. The molecule has 0 aliphatic heterocycles. The molecule has 0 saturated carbocycles. The third-order valence-corrected chi connectivity index (χ3v) is 3.67. The molecule has 0 unspecified atom stereocenters. The van der Waals surface area contributed by atoms with Gasteiger partial charge in [0.2, 0.25) is 0 Å². The lowest BCUT2D eigenvalue weighted by atomic mass is 10.2. The number of hydrogen-bond acceptors (Lipinski definition) is 5. The van der Waals surface area contributed by atoms with Gasteiger partial charge in [-0.2, -0.15) is 0 Å². The van der Waals surface area contributed by atoms with Crippen molar-refractivity contribution in [3.63, 3.8) is 0 Å². The van der Waals surface area contributed by atoms with E-state index in [1.54, 1.807) is 6.92 Å². The minimum Gasteiger partial charge on any atom is -0.440 e. The van der Waals surface area contributed by atoms with Crippen LogP contribution < -0.4 is 4.74 Å². The highest BCUT2D eigenvalue weighted by atomic mass is 32.1. The summed E-state index contributed by atoms with van der Waals surface area (Å²) in [5.41, 5.74) is 0.0932. The summed E-state index contributed by atoms with van der Waals surface area (Å²) in [5, 5.41) is 10.9. The van der Waals surface area contributed by atoms with Gasteiger partial charge in [0.05, 0.1) is 9.80 Å². The van der Waals surface area contributed by atoms with Crippen LogP contribution in [0.5, 0.6) is 10.8 Å². The summed E-state index contributed by atoms with van der Waals surface area (Å²) < 4.78 is 18.5. The molecule has 0 atom stereocenters. The Morgan fingerprint density at radius 2 is 2.10 bits per heavy atom. The molecule has 1 aromatic heterocycles. The maximum absolute atomic E-state index is 13.1. The molecule has 0 radical (unpaired) electrons. The molecule has 0 aliphatic carbocycles. The fraction of sp³-hybridized carbons (Fsp3) is 0.154. The molecule has 0 fully saturated rings. The second-order valence-corrected chi connectivity index (χ2v) is 5.12. The number of carbonyl (C=O) groups excluding carboxylic acids is 1. The second-order valence-electron chi connectivity index (χ2n) is 4.11. The number of ketones is 1. The van der Waals surface area contributed by atoms with Gasteiger partial charge in [-0.15, -0.1) is 0 Å². The predicted molar refractivity (Wildman–Crippen MR) is 72.2 cm³/mol. The molecule has 2 aromatic rings. The number of halogens is 1. The van der Waals surface area contributed by atoms with Crippen LogP contribution in [-0.4, -0.2) is 10.7 Å². The van der Waals surface area contributed by atoms with E-state index < -0.39 is 4.92 Å². The summed E-state index contributed by atoms with van der Waals surface area (Å²) in [6, 6.07) is 5.21. The van der Waals surface area contributed by atoms with Crippen molar-refractivity contribution in [2.24, 2.45) is 0 Å². The topological polar surface area (TPSA) is 69.4 Å². The first-order chi connectivity index (χ1) is 9.38. The molecule has 7 heteroatoms. The monoisotopic (exact) mass is 295 g/mol. The van der Waals surface area contributed by atoms with E-state index in [2.05, 4.69) is 0 Å². The van der Waals surface area contributed by atoms with Crippen molar-refractivity contribution in [3.05, 3.63) is 50.6 Å². The molecule has 1 aromatic carbocycles. The van der Waals surface area contributed by atoms with Gasteiger partial charge in [0.15, 0.2) is 5.78 Å². The molecule has 0 bridgehead atoms. The van der Waals surface area contributed by atoms with Crippen molar-refractivity contribution >= 4 is 22.8 Å². The Hall–Kier alpha value is -2.28. The van der Waals surface area contributed by atoms with E-state index in [4.69, 9.17) is 4.74 Å².